The Labute approximate surface area is 65.8 Å². The van der Waals surface area contributed by atoms with E-state index in [2.05, 4.69) is 16.4 Å². The fraction of sp³-hybridized carbons (Fsp3) is 0.500. The van der Waals surface area contributed by atoms with Crippen LogP contribution in [0.25, 0.3) is 0 Å². The van der Waals surface area contributed by atoms with Crippen molar-refractivity contribution in [2.24, 2.45) is 0 Å². The van der Waals surface area contributed by atoms with Gasteiger partial charge in [-0.2, -0.15) is 0 Å². The van der Waals surface area contributed by atoms with E-state index in [1.165, 1.54) is 5.69 Å². The number of rotatable bonds is 3. The van der Waals surface area contributed by atoms with Gasteiger partial charge in [0.25, 0.3) is 0 Å². The molecule has 1 aromatic heterocycles. The van der Waals surface area contributed by atoms with Crippen LogP contribution < -0.4 is 5.32 Å². The summed E-state index contributed by atoms with van der Waals surface area (Å²) in [6.07, 6.45) is 1.94. The fourth-order valence-corrected chi connectivity index (χ4v) is 1.09. The SMILES string of the molecule is c1c[nH]c(CNC2COC2)c1. The average molecular weight is 152 g/mol. The fourth-order valence-electron chi connectivity index (χ4n) is 1.09. The number of aromatic nitrogens is 1. The first-order chi connectivity index (χ1) is 5.45. The predicted octanol–water partition coefficient (Wildman–Crippen LogP) is 0.503. The van der Waals surface area contributed by atoms with Gasteiger partial charge >= 0.3 is 0 Å². The van der Waals surface area contributed by atoms with Crippen LogP contribution >= 0.6 is 0 Å². The summed E-state index contributed by atoms with van der Waals surface area (Å²) in [4.78, 5) is 3.14. The number of H-pyrrole nitrogens is 1. The second-order valence-electron chi connectivity index (χ2n) is 2.81. The van der Waals surface area contributed by atoms with Crippen LogP contribution in [0.1, 0.15) is 5.69 Å². The molecule has 2 heterocycles. The van der Waals surface area contributed by atoms with Crippen molar-refractivity contribution in [2.45, 2.75) is 12.6 Å². The van der Waals surface area contributed by atoms with E-state index in [0.717, 1.165) is 19.8 Å². The van der Waals surface area contributed by atoms with E-state index in [-0.39, 0.29) is 0 Å². The monoisotopic (exact) mass is 152 g/mol. The van der Waals surface area contributed by atoms with Crippen molar-refractivity contribution in [3.8, 4) is 0 Å². The van der Waals surface area contributed by atoms with Gasteiger partial charge in [-0.1, -0.05) is 0 Å². The maximum atomic E-state index is 5.03. The van der Waals surface area contributed by atoms with E-state index < -0.39 is 0 Å². The first-order valence-corrected chi connectivity index (χ1v) is 3.88. The van der Waals surface area contributed by atoms with Crippen molar-refractivity contribution in [3.05, 3.63) is 24.0 Å². The smallest absolute Gasteiger partial charge is 0.0643 e. The standard InChI is InChI=1S/C8H12N2O/c1-2-7(9-3-1)4-10-8-5-11-6-8/h1-3,8-10H,4-6H2. The van der Waals surface area contributed by atoms with Gasteiger partial charge in [-0.05, 0) is 12.1 Å². The molecule has 2 N–H and O–H groups in total. The highest BCUT2D eigenvalue weighted by molar-refractivity contribution is 5.03. The van der Waals surface area contributed by atoms with Crippen molar-refractivity contribution in [2.75, 3.05) is 13.2 Å². The Kier molecular flexibility index (Phi) is 1.92. The number of aromatic amines is 1. The largest absolute Gasteiger partial charge is 0.378 e. The molecule has 0 amide bonds. The molecule has 1 saturated heterocycles. The molecule has 1 aromatic rings. The molecule has 3 heteroatoms. The Morgan fingerprint density at radius 2 is 2.55 bits per heavy atom. The van der Waals surface area contributed by atoms with E-state index >= 15 is 0 Å². The Hall–Kier alpha value is -0.800. The molecule has 0 radical (unpaired) electrons. The minimum atomic E-state index is 0.568. The number of hydrogen-bond donors (Lipinski definition) is 2. The highest BCUT2D eigenvalue weighted by Crippen LogP contribution is 2.01. The summed E-state index contributed by atoms with van der Waals surface area (Å²) in [5.41, 5.74) is 1.23. The van der Waals surface area contributed by atoms with Gasteiger partial charge in [0.15, 0.2) is 0 Å². The summed E-state index contributed by atoms with van der Waals surface area (Å²) in [5.74, 6) is 0. The molecular formula is C8H12N2O. The lowest BCUT2D eigenvalue weighted by Gasteiger charge is -2.26. The first-order valence-electron chi connectivity index (χ1n) is 3.88. The van der Waals surface area contributed by atoms with Crippen molar-refractivity contribution in [1.29, 1.82) is 0 Å². The molecular weight excluding hydrogens is 140 g/mol. The molecule has 60 valence electrons. The second kappa shape index (κ2) is 3.07. The van der Waals surface area contributed by atoms with Crippen LogP contribution in [0.5, 0.6) is 0 Å². The average Bonchev–Trinajstić information content (AvgIpc) is 2.36. The van der Waals surface area contributed by atoms with Gasteiger partial charge < -0.3 is 15.0 Å². The molecule has 0 atom stereocenters. The van der Waals surface area contributed by atoms with Gasteiger partial charge in [0, 0.05) is 18.4 Å². The molecule has 0 spiro atoms. The van der Waals surface area contributed by atoms with Gasteiger partial charge in [-0.15, -0.1) is 0 Å². The Morgan fingerprint density at radius 1 is 1.64 bits per heavy atom. The molecule has 3 nitrogen and oxygen atoms in total. The number of ether oxygens (including phenoxy) is 1. The minimum absolute atomic E-state index is 0.568. The molecule has 0 aromatic carbocycles. The van der Waals surface area contributed by atoms with Crippen LogP contribution in [-0.2, 0) is 11.3 Å². The lowest BCUT2D eigenvalue weighted by atomic mass is 10.2. The summed E-state index contributed by atoms with van der Waals surface area (Å²) < 4.78 is 5.03. The second-order valence-corrected chi connectivity index (χ2v) is 2.81. The van der Waals surface area contributed by atoms with Crippen molar-refractivity contribution < 1.29 is 4.74 Å². The van der Waals surface area contributed by atoms with E-state index in [9.17, 15) is 0 Å². The maximum Gasteiger partial charge on any atom is 0.0643 e. The molecule has 0 unspecified atom stereocenters. The molecule has 0 bridgehead atoms. The first kappa shape index (κ1) is 6.88. The lowest BCUT2D eigenvalue weighted by molar-refractivity contribution is -0.00589. The number of nitrogens with one attached hydrogen (secondary N) is 2. The van der Waals surface area contributed by atoms with Crippen molar-refractivity contribution >= 4 is 0 Å². The summed E-state index contributed by atoms with van der Waals surface area (Å²) >= 11 is 0. The molecule has 11 heavy (non-hydrogen) atoms. The van der Waals surface area contributed by atoms with E-state index in [1.54, 1.807) is 0 Å². The van der Waals surface area contributed by atoms with Crippen LogP contribution in [-0.4, -0.2) is 24.2 Å². The van der Waals surface area contributed by atoms with Crippen LogP contribution in [0.2, 0.25) is 0 Å². The summed E-state index contributed by atoms with van der Waals surface area (Å²) in [6, 6.07) is 4.65. The zero-order chi connectivity index (χ0) is 7.52. The van der Waals surface area contributed by atoms with Crippen molar-refractivity contribution in [1.82, 2.24) is 10.3 Å². The third-order valence-electron chi connectivity index (χ3n) is 1.88. The van der Waals surface area contributed by atoms with Gasteiger partial charge in [-0.3, -0.25) is 0 Å². The molecule has 1 aliphatic heterocycles. The highest BCUT2D eigenvalue weighted by atomic mass is 16.5. The quantitative estimate of drug-likeness (QED) is 0.662. The Balaban J connectivity index is 1.74. The maximum absolute atomic E-state index is 5.03. The zero-order valence-corrected chi connectivity index (χ0v) is 6.34. The van der Waals surface area contributed by atoms with Crippen molar-refractivity contribution in [3.63, 3.8) is 0 Å². The molecule has 1 aliphatic rings. The Morgan fingerprint density at radius 3 is 3.09 bits per heavy atom. The summed E-state index contributed by atoms with van der Waals surface area (Å²) in [6.45, 7) is 2.64. The van der Waals surface area contributed by atoms with E-state index in [1.807, 2.05) is 12.3 Å². The van der Waals surface area contributed by atoms with Gasteiger partial charge in [-0.25, -0.2) is 0 Å². The third kappa shape index (κ3) is 1.61. The van der Waals surface area contributed by atoms with Crippen LogP contribution in [0.3, 0.4) is 0 Å². The lowest BCUT2D eigenvalue weighted by Crippen LogP contribution is -2.45. The Bertz CT molecular complexity index is 204. The summed E-state index contributed by atoms with van der Waals surface area (Å²) in [7, 11) is 0. The highest BCUT2D eigenvalue weighted by Gasteiger charge is 2.16. The zero-order valence-electron chi connectivity index (χ0n) is 6.34. The molecule has 1 fully saturated rings. The minimum Gasteiger partial charge on any atom is -0.378 e. The van der Waals surface area contributed by atoms with Gasteiger partial charge in [0.1, 0.15) is 0 Å². The van der Waals surface area contributed by atoms with Crippen LogP contribution in [0.4, 0.5) is 0 Å². The topological polar surface area (TPSA) is 37.0 Å². The van der Waals surface area contributed by atoms with Crippen LogP contribution in [0, 0.1) is 0 Å². The third-order valence-corrected chi connectivity index (χ3v) is 1.88. The summed E-state index contributed by atoms with van der Waals surface area (Å²) in [5, 5.41) is 3.37. The van der Waals surface area contributed by atoms with Crippen LogP contribution in [0.15, 0.2) is 18.3 Å². The van der Waals surface area contributed by atoms with E-state index in [4.69, 9.17) is 4.74 Å². The normalized spacial score (nSPS) is 18.2. The van der Waals surface area contributed by atoms with Gasteiger partial charge in [0.05, 0.1) is 19.3 Å². The molecule has 2 rings (SSSR count). The van der Waals surface area contributed by atoms with Gasteiger partial charge in [0.2, 0.25) is 0 Å². The molecule has 0 saturated carbocycles. The van der Waals surface area contributed by atoms with E-state index in [0.29, 0.717) is 6.04 Å². The molecule has 0 aliphatic carbocycles. The predicted molar refractivity (Wildman–Crippen MR) is 42.2 cm³/mol. The number of hydrogen-bond acceptors (Lipinski definition) is 2.